The fourth-order valence-corrected chi connectivity index (χ4v) is 2.96. The highest BCUT2D eigenvalue weighted by Gasteiger charge is 2.27. The van der Waals surface area contributed by atoms with Crippen molar-refractivity contribution in [3.63, 3.8) is 0 Å². The Morgan fingerprint density at radius 1 is 1.32 bits per heavy atom. The van der Waals surface area contributed by atoms with Crippen LogP contribution in [0.25, 0.3) is 10.2 Å². The number of benzene rings is 1. The molecule has 0 saturated carbocycles. The summed E-state index contributed by atoms with van der Waals surface area (Å²) >= 11 is 1.73. The number of ether oxygens (including phenoxy) is 2. The zero-order chi connectivity index (χ0) is 13.3. The maximum atomic E-state index is 5.62. The minimum Gasteiger partial charge on any atom is -0.349 e. The van der Waals surface area contributed by atoms with Crippen molar-refractivity contribution >= 4 is 21.6 Å². The Labute approximate surface area is 116 Å². The quantitative estimate of drug-likeness (QED) is 0.937. The smallest absolute Gasteiger partial charge is 0.162 e. The van der Waals surface area contributed by atoms with Gasteiger partial charge in [0.2, 0.25) is 0 Å². The average Bonchev–Trinajstić information content (AvgIpc) is 2.80. The Kier molecular flexibility index (Phi) is 3.54. The third kappa shape index (κ3) is 3.12. The molecule has 2 heterocycles. The van der Waals surface area contributed by atoms with E-state index in [9.17, 15) is 0 Å². The van der Waals surface area contributed by atoms with Crippen LogP contribution in [0.3, 0.4) is 0 Å². The van der Waals surface area contributed by atoms with Crippen LogP contribution in [0.1, 0.15) is 18.9 Å². The Morgan fingerprint density at radius 2 is 2.05 bits per heavy atom. The van der Waals surface area contributed by atoms with Gasteiger partial charge in [-0.15, -0.1) is 11.3 Å². The van der Waals surface area contributed by atoms with Crippen molar-refractivity contribution in [1.29, 1.82) is 0 Å². The minimum atomic E-state index is -0.450. The van der Waals surface area contributed by atoms with E-state index in [1.54, 1.807) is 11.3 Å². The molecule has 2 aromatic rings. The number of fused-ring (bicyclic) bond motifs is 1. The molecular formula is C14H18N2O2S. The van der Waals surface area contributed by atoms with Gasteiger partial charge in [0.1, 0.15) is 5.01 Å². The molecule has 1 aliphatic heterocycles. The van der Waals surface area contributed by atoms with Crippen LogP contribution in [0.15, 0.2) is 24.3 Å². The SMILES string of the molecule is CC1(C)OCC(NCc2nc3ccccc3s2)CO1. The van der Waals surface area contributed by atoms with Crippen LogP contribution in [0.2, 0.25) is 0 Å². The lowest BCUT2D eigenvalue weighted by molar-refractivity contribution is -0.253. The van der Waals surface area contributed by atoms with Gasteiger partial charge in [-0.05, 0) is 26.0 Å². The summed E-state index contributed by atoms with van der Waals surface area (Å²) in [4.78, 5) is 4.60. The molecule has 1 aromatic carbocycles. The van der Waals surface area contributed by atoms with Crippen LogP contribution in [0.5, 0.6) is 0 Å². The lowest BCUT2D eigenvalue weighted by Gasteiger charge is -2.35. The molecule has 1 aliphatic rings. The number of thiazole rings is 1. The van der Waals surface area contributed by atoms with Crippen molar-refractivity contribution in [2.75, 3.05) is 13.2 Å². The highest BCUT2D eigenvalue weighted by Crippen LogP contribution is 2.22. The molecule has 4 nitrogen and oxygen atoms in total. The van der Waals surface area contributed by atoms with Crippen LogP contribution in [0.4, 0.5) is 0 Å². The highest BCUT2D eigenvalue weighted by atomic mass is 32.1. The first-order valence-electron chi connectivity index (χ1n) is 6.48. The van der Waals surface area contributed by atoms with Crippen molar-refractivity contribution in [2.45, 2.75) is 32.2 Å². The van der Waals surface area contributed by atoms with Gasteiger partial charge in [0.15, 0.2) is 5.79 Å². The summed E-state index contributed by atoms with van der Waals surface area (Å²) in [6.07, 6.45) is 0. The van der Waals surface area contributed by atoms with Gasteiger partial charge in [0.25, 0.3) is 0 Å². The van der Waals surface area contributed by atoms with E-state index in [0.717, 1.165) is 17.1 Å². The Morgan fingerprint density at radius 3 is 2.79 bits per heavy atom. The summed E-state index contributed by atoms with van der Waals surface area (Å²) in [7, 11) is 0. The molecule has 1 aromatic heterocycles. The Balaban J connectivity index is 1.57. The first kappa shape index (κ1) is 13.0. The molecule has 0 bridgehead atoms. The first-order valence-corrected chi connectivity index (χ1v) is 7.30. The van der Waals surface area contributed by atoms with Gasteiger partial charge in [-0.1, -0.05) is 12.1 Å². The fraction of sp³-hybridized carbons (Fsp3) is 0.500. The van der Waals surface area contributed by atoms with Crippen molar-refractivity contribution in [1.82, 2.24) is 10.3 Å². The maximum Gasteiger partial charge on any atom is 0.162 e. The van der Waals surface area contributed by atoms with E-state index >= 15 is 0 Å². The van der Waals surface area contributed by atoms with Gasteiger partial charge in [0.05, 0.1) is 29.5 Å². The second kappa shape index (κ2) is 5.17. The van der Waals surface area contributed by atoms with Gasteiger partial charge in [-0.3, -0.25) is 0 Å². The maximum absolute atomic E-state index is 5.62. The zero-order valence-corrected chi connectivity index (χ0v) is 12.0. The third-order valence-electron chi connectivity index (χ3n) is 3.14. The first-order chi connectivity index (χ1) is 9.12. The average molecular weight is 278 g/mol. The molecule has 0 aliphatic carbocycles. The van der Waals surface area contributed by atoms with Crippen LogP contribution in [-0.2, 0) is 16.0 Å². The number of aromatic nitrogens is 1. The van der Waals surface area contributed by atoms with E-state index in [2.05, 4.69) is 16.4 Å². The molecule has 19 heavy (non-hydrogen) atoms. The van der Waals surface area contributed by atoms with Crippen molar-refractivity contribution in [3.8, 4) is 0 Å². The van der Waals surface area contributed by atoms with E-state index in [4.69, 9.17) is 9.47 Å². The van der Waals surface area contributed by atoms with Gasteiger partial charge in [-0.2, -0.15) is 0 Å². The van der Waals surface area contributed by atoms with E-state index < -0.39 is 5.79 Å². The molecule has 0 amide bonds. The normalized spacial score (nSPS) is 19.9. The van der Waals surface area contributed by atoms with Gasteiger partial charge < -0.3 is 14.8 Å². The highest BCUT2D eigenvalue weighted by molar-refractivity contribution is 7.18. The second-order valence-corrected chi connectivity index (χ2v) is 6.29. The van der Waals surface area contributed by atoms with Crippen molar-refractivity contribution in [2.24, 2.45) is 0 Å². The van der Waals surface area contributed by atoms with E-state index in [1.165, 1.54) is 4.70 Å². The predicted molar refractivity (Wildman–Crippen MR) is 76.2 cm³/mol. The zero-order valence-electron chi connectivity index (χ0n) is 11.2. The number of hydrogen-bond acceptors (Lipinski definition) is 5. The molecule has 0 unspecified atom stereocenters. The number of nitrogens with one attached hydrogen (secondary N) is 1. The predicted octanol–water partition coefficient (Wildman–Crippen LogP) is 2.54. The van der Waals surface area contributed by atoms with Crippen LogP contribution < -0.4 is 5.32 Å². The van der Waals surface area contributed by atoms with Crippen LogP contribution >= 0.6 is 11.3 Å². The van der Waals surface area contributed by atoms with E-state index in [-0.39, 0.29) is 6.04 Å². The molecule has 5 heteroatoms. The molecule has 102 valence electrons. The second-order valence-electron chi connectivity index (χ2n) is 5.17. The standard InChI is InChI=1S/C14H18N2O2S/c1-14(2)17-8-10(9-18-14)15-7-13-16-11-5-3-4-6-12(11)19-13/h3-6,10,15H,7-9H2,1-2H3. The lowest BCUT2D eigenvalue weighted by atomic mass is 10.2. The topological polar surface area (TPSA) is 43.4 Å². The summed E-state index contributed by atoms with van der Waals surface area (Å²) in [5, 5.41) is 4.54. The molecule has 1 N–H and O–H groups in total. The molecule has 0 atom stereocenters. The number of para-hydroxylation sites is 1. The van der Waals surface area contributed by atoms with Crippen LogP contribution in [-0.4, -0.2) is 30.0 Å². The molecular weight excluding hydrogens is 260 g/mol. The van der Waals surface area contributed by atoms with Crippen molar-refractivity contribution in [3.05, 3.63) is 29.3 Å². The summed E-state index contributed by atoms with van der Waals surface area (Å²) < 4.78 is 12.5. The van der Waals surface area contributed by atoms with Crippen molar-refractivity contribution < 1.29 is 9.47 Å². The molecule has 3 rings (SSSR count). The largest absolute Gasteiger partial charge is 0.349 e. The Bertz CT molecular complexity index is 524. The third-order valence-corrected chi connectivity index (χ3v) is 4.18. The van der Waals surface area contributed by atoms with Crippen LogP contribution in [0, 0.1) is 0 Å². The summed E-state index contributed by atoms with van der Waals surface area (Å²) in [5.74, 6) is -0.450. The summed E-state index contributed by atoms with van der Waals surface area (Å²) in [6, 6.07) is 8.45. The number of nitrogens with zero attached hydrogens (tertiary/aromatic N) is 1. The van der Waals surface area contributed by atoms with Gasteiger partial charge in [0, 0.05) is 6.54 Å². The van der Waals surface area contributed by atoms with Gasteiger partial charge >= 0.3 is 0 Å². The summed E-state index contributed by atoms with van der Waals surface area (Å²) in [6.45, 7) is 6.00. The number of rotatable bonds is 3. The Hall–Kier alpha value is -1.01. The molecule has 0 radical (unpaired) electrons. The monoisotopic (exact) mass is 278 g/mol. The van der Waals surface area contributed by atoms with Gasteiger partial charge in [-0.25, -0.2) is 4.98 Å². The molecule has 1 fully saturated rings. The van der Waals surface area contributed by atoms with E-state index in [0.29, 0.717) is 13.2 Å². The van der Waals surface area contributed by atoms with E-state index in [1.807, 2.05) is 32.0 Å². The lowest BCUT2D eigenvalue weighted by Crippen LogP contribution is -2.48. The minimum absolute atomic E-state index is 0.236. The molecule has 0 spiro atoms. The molecule has 1 saturated heterocycles. The number of hydrogen-bond donors (Lipinski definition) is 1. The fourth-order valence-electron chi connectivity index (χ4n) is 2.04. The summed E-state index contributed by atoms with van der Waals surface area (Å²) in [5.41, 5.74) is 1.07.